The number of hydrogen-bond acceptors (Lipinski definition) is 3. The van der Waals surface area contributed by atoms with E-state index in [1.54, 1.807) is 22.9 Å². The van der Waals surface area contributed by atoms with Crippen LogP contribution < -0.4 is 10.1 Å². The van der Waals surface area contributed by atoms with Gasteiger partial charge in [0.2, 0.25) is 0 Å². The van der Waals surface area contributed by atoms with Crippen molar-refractivity contribution in [1.82, 2.24) is 9.78 Å². The number of carbonyl (C=O) groups is 1. The molecule has 3 rings (SSSR count). The maximum Gasteiger partial charge on any atom is 0.262 e. The van der Waals surface area contributed by atoms with Gasteiger partial charge in [0.05, 0.1) is 23.6 Å². The molecule has 1 N–H and O–H groups in total. The highest BCUT2D eigenvalue weighted by molar-refractivity contribution is 6.35. The van der Waals surface area contributed by atoms with Crippen LogP contribution in [-0.4, -0.2) is 22.3 Å². The standard InChI is InChI=1S/C21H21Cl2N3O2/c1-13-7-4-5-10-19(13)28-12-20(27)24-21-14(2)25-26(15(21)3)11-16-17(22)8-6-9-18(16)23/h4-10H,11-12H2,1-3H3,(H,24,27). The number of hydrogen-bond donors (Lipinski definition) is 1. The van der Waals surface area contributed by atoms with E-state index in [4.69, 9.17) is 27.9 Å². The Morgan fingerprint density at radius 3 is 2.43 bits per heavy atom. The van der Waals surface area contributed by atoms with Gasteiger partial charge in [-0.15, -0.1) is 0 Å². The molecule has 0 bridgehead atoms. The lowest BCUT2D eigenvalue weighted by Crippen LogP contribution is -2.21. The van der Waals surface area contributed by atoms with E-state index in [1.807, 2.05) is 45.0 Å². The first-order valence-electron chi connectivity index (χ1n) is 8.82. The average molecular weight is 418 g/mol. The zero-order valence-corrected chi connectivity index (χ0v) is 17.4. The van der Waals surface area contributed by atoms with Crippen molar-refractivity contribution in [1.29, 1.82) is 0 Å². The number of carbonyl (C=O) groups excluding carboxylic acids is 1. The van der Waals surface area contributed by atoms with Gasteiger partial charge in [0.1, 0.15) is 5.75 Å². The molecular weight excluding hydrogens is 397 g/mol. The molecule has 146 valence electrons. The summed E-state index contributed by atoms with van der Waals surface area (Å²) in [5.41, 5.74) is 3.97. The highest BCUT2D eigenvalue weighted by atomic mass is 35.5. The number of aromatic nitrogens is 2. The van der Waals surface area contributed by atoms with Gasteiger partial charge in [-0.3, -0.25) is 9.48 Å². The van der Waals surface area contributed by atoms with Gasteiger partial charge in [0, 0.05) is 15.6 Å². The molecule has 1 aromatic heterocycles. The lowest BCUT2D eigenvalue weighted by Gasteiger charge is -2.11. The van der Waals surface area contributed by atoms with Crippen molar-refractivity contribution in [3.8, 4) is 5.75 Å². The third kappa shape index (κ3) is 4.49. The smallest absolute Gasteiger partial charge is 0.262 e. The molecule has 1 heterocycles. The number of rotatable bonds is 6. The van der Waals surface area contributed by atoms with Crippen LogP contribution in [-0.2, 0) is 11.3 Å². The Morgan fingerprint density at radius 1 is 1.07 bits per heavy atom. The van der Waals surface area contributed by atoms with Crippen molar-refractivity contribution >= 4 is 34.8 Å². The Balaban J connectivity index is 1.71. The van der Waals surface area contributed by atoms with Gasteiger partial charge in [-0.25, -0.2) is 0 Å². The Bertz CT molecular complexity index is 995. The first-order chi connectivity index (χ1) is 13.4. The minimum absolute atomic E-state index is 0.0781. The molecule has 3 aromatic rings. The maximum atomic E-state index is 12.4. The molecule has 2 aromatic carbocycles. The molecule has 0 saturated heterocycles. The molecule has 5 nitrogen and oxygen atoms in total. The van der Waals surface area contributed by atoms with Crippen molar-refractivity contribution in [3.05, 3.63) is 75.0 Å². The second kappa shape index (κ2) is 8.67. The van der Waals surface area contributed by atoms with Crippen LogP contribution in [0.1, 0.15) is 22.5 Å². The molecule has 0 aliphatic heterocycles. The summed E-state index contributed by atoms with van der Waals surface area (Å²) in [6.07, 6.45) is 0. The summed E-state index contributed by atoms with van der Waals surface area (Å²) < 4.78 is 7.39. The normalized spacial score (nSPS) is 10.8. The number of amides is 1. The predicted molar refractivity (Wildman–Crippen MR) is 113 cm³/mol. The van der Waals surface area contributed by atoms with Gasteiger partial charge in [-0.1, -0.05) is 47.5 Å². The molecule has 0 saturated carbocycles. The molecule has 0 fully saturated rings. The van der Waals surface area contributed by atoms with Crippen LogP contribution in [0, 0.1) is 20.8 Å². The van der Waals surface area contributed by atoms with Crippen LogP contribution in [0.4, 0.5) is 5.69 Å². The van der Waals surface area contributed by atoms with E-state index in [2.05, 4.69) is 10.4 Å². The van der Waals surface area contributed by atoms with Gasteiger partial charge < -0.3 is 10.1 Å². The minimum Gasteiger partial charge on any atom is -0.483 e. The van der Waals surface area contributed by atoms with Crippen LogP contribution in [0.3, 0.4) is 0 Å². The fourth-order valence-electron chi connectivity index (χ4n) is 2.90. The zero-order chi connectivity index (χ0) is 20.3. The van der Waals surface area contributed by atoms with Crippen LogP contribution in [0.15, 0.2) is 42.5 Å². The molecule has 1 amide bonds. The van der Waals surface area contributed by atoms with Crippen molar-refractivity contribution in [2.45, 2.75) is 27.3 Å². The predicted octanol–water partition coefficient (Wildman–Crippen LogP) is 5.18. The number of halogens is 2. The second-order valence-corrected chi connectivity index (χ2v) is 7.32. The lowest BCUT2D eigenvalue weighted by atomic mass is 10.2. The van der Waals surface area contributed by atoms with E-state index in [0.717, 1.165) is 16.8 Å². The van der Waals surface area contributed by atoms with E-state index in [1.165, 1.54) is 0 Å². The van der Waals surface area contributed by atoms with E-state index in [-0.39, 0.29) is 12.5 Å². The molecule has 0 spiro atoms. The van der Waals surface area contributed by atoms with Crippen molar-refractivity contribution in [3.63, 3.8) is 0 Å². The van der Waals surface area contributed by atoms with Crippen LogP contribution in [0.25, 0.3) is 0 Å². The average Bonchev–Trinajstić information content (AvgIpc) is 2.91. The molecule has 0 atom stereocenters. The number of anilines is 1. The topological polar surface area (TPSA) is 56.1 Å². The highest BCUT2D eigenvalue weighted by Crippen LogP contribution is 2.27. The van der Waals surface area contributed by atoms with Gasteiger partial charge in [0.25, 0.3) is 5.91 Å². The first-order valence-corrected chi connectivity index (χ1v) is 9.57. The van der Waals surface area contributed by atoms with Crippen molar-refractivity contribution in [2.75, 3.05) is 11.9 Å². The van der Waals surface area contributed by atoms with Crippen molar-refractivity contribution in [2.24, 2.45) is 0 Å². The fraction of sp³-hybridized carbons (Fsp3) is 0.238. The Morgan fingerprint density at radius 2 is 1.75 bits per heavy atom. The zero-order valence-electron chi connectivity index (χ0n) is 15.9. The van der Waals surface area contributed by atoms with Gasteiger partial charge in [-0.05, 0) is 44.5 Å². The summed E-state index contributed by atoms with van der Waals surface area (Å²) in [5.74, 6) is 0.444. The van der Waals surface area contributed by atoms with Gasteiger partial charge in [0.15, 0.2) is 6.61 Å². The third-order valence-corrected chi connectivity index (χ3v) is 5.18. The number of nitrogens with zero attached hydrogens (tertiary/aromatic N) is 2. The molecule has 28 heavy (non-hydrogen) atoms. The summed E-state index contributed by atoms with van der Waals surface area (Å²) in [6, 6.07) is 13.0. The molecule has 0 radical (unpaired) electrons. The maximum absolute atomic E-state index is 12.4. The van der Waals surface area contributed by atoms with Gasteiger partial charge in [-0.2, -0.15) is 5.10 Å². The minimum atomic E-state index is -0.246. The van der Waals surface area contributed by atoms with E-state index in [9.17, 15) is 4.79 Å². The first kappa shape index (κ1) is 20.2. The van der Waals surface area contributed by atoms with Crippen LogP contribution >= 0.6 is 23.2 Å². The third-order valence-electron chi connectivity index (χ3n) is 4.47. The molecule has 7 heteroatoms. The Kier molecular flexibility index (Phi) is 6.27. The van der Waals surface area contributed by atoms with Gasteiger partial charge >= 0.3 is 0 Å². The van der Waals surface area contributed by atoms with Crippen LogP contribution in [0.2, 0.25) is 10.0 Å². The summed E-state index contributed by atoms with van der Waals surface area (Å²) in [4.78, 5) is 12.4. The fourth-order valence-corrected chi connectivity index (χ4v) is 3.42. The quantitative estimate of drug-likeness (QED) is 0.600. The number of para-hydroxylation sites is 1. The Labute approximate surface area is 174 Å². The van der Waals surface area contributed by atoms with E-state index < -0.39 is 0 Å². The molecule has 0 unspecified atom stereocenters. The number of aryl methyl sites for hydroxylation is 2. The number of nitrogens with one attached hydrogen (secondary N) is 1. The van der Waals surface area contributed by atoms with Crippen LogP contribution in [0.5, 0.6) is 5.75 Å². The van der Waals surface area contributed by atoms with E-state index >= 15 is 0 Å². The monoisotopic (exact) mass is 417 g/mol. The summed E-state index contributed by atoms with van der Waals surface area (Å²) >= 11 is 12.5. The molecular formula is C21H21Cl2N3O2. The second-order valence-electron chi connectivity index (χ2n) is 6.51. The number of benzene rings is 2. The van der Waals surface area contributed by atoms with E-state index in [0.29, 0.717) is 33.7 Å². The summed E-state index contributed by atoms with van der Waals surface area (Å²) in [7, 11) is 0. The molecule has 0 aliphatic carbocycles. The van der Waals surface area contributed by atoms with Crippen molar-refractivity contribution < 1.29 is 9.53 Å². The highest BCUT2D eigenvalue weighted by Gasteiger charge is 2.16. The SMILES string of the molecule is Cc1ccccc1OCC(=O)Nc1c(C)nn(Cc2c(Cl)cccc2Cl)c1C. The largest absolute Gasteiger partial charge is 0.483 e. The summed E-state index contributed by atoms with van der Waals surface area (Å²) in [5, 5.41) is 8.57. The molecule has 0 aliphatic rings. The Hall–Kier alpha value is -2.50. The summed E-state index contributed by atoms with van der Waals surface area (Å²) in [6.45, 7) is 6.01. The number of ether oxygens (including phenoxy) is 1. The lowest BCUT2D eigenvalue weighted by molar-refractivity contribution is -0.118.